The van der Waals surface area contributed by atoms with Crippen LogP contribution in [0.2, 0.25) is 5.02 Å². The highest BCUT2D eigenvalue weighted by Crippen LogP contribution is 2.36. The summed E-state index contributed by atoms with van der Waals surface area (Å²) in [7, 11) is 3.46. The van der Waals surface area contributed by atoms with Crippen molar-refractivity contribution in [3.63, 3.8) is 0 Å². The number of aryl methyl sites for hydroxylation is 1. The monoisotopic (exact) mass is 369 g/mol. The lowest BCUT2D eigenvalue weighted by Crippen LogP contribution is -2.00. The van der Waals surface area contributed by atoms with Crippen LogP contribution >= 0.6 is 11.6 Å². The molecule has 26 heavy (non-hydrogen) atoms. The van der Waals surface area contributed by atoms with E-state index in [1.165, 1.54) is 0 Å². The van der Waals surface area contributed by atoms with Crippen LogP contribution in [-0.4, -0.2) is 23.1 Å². The molecule has 134 valence electrons. The second kappa shape index (κ2) is 7.14. The molecule has 0 bridgehead atoms. The molecule has 2 aromatic rings. The molecule has 1 aromatic carbocycles. The third-order valence-electron chi connectivity index (χ3n) is 4.48. The number of rotatable bonds is 3. The van der Waals surface area contributed by atoms with E-state index in [4.69, 9.17) is 23.1 Å². The summed E-state index contributed by atoms with van der Waals surface area (Å²) >= 11 is 6.40. The zero-order valence-electron chi connectivity index (χ0n) is 14.7. The average Bonchev–Trinajstić information content (AvgIpc) is 3.17. The van der Waals surface area contributed by atoms with Crippen molar-refractivity contribution in [3.05, 3.63) is 45.2 Å². The van der Waals surface area contributed by atoms with E-state index in [0.29, 0.717) is 33.3 Å². The number of nitrogens with one attached hydrogen (secondary N) is 1. The standard InChI is InChI=1S/C19H20ClN5O/c1-23-19-14(10-26)18(24-25(19)2)7-6-11-8-17(22)13(9-15(11)20)12-4-3-5-16(12)21/h8-10,23H,3-5,21-22H2,1-2H3. The summed E-state index contributed by atoms with van der Waals surface area (Å²) in [4.78, 5) is 11.4. The molecular weight excluding hydrogens is 350 g/mol. The van der Waals surface area contributed by atoms with Crippen LogP contribution < -0.4 is 16.8 Å². The molecule has 3 rings (SSSR count). The van der Waals surface area contributed by atoms with E-state index in [0.717, 1.165) is 42.4 Å². The highest BCUT2D eigenvalue weighted by Gasteiger charge is 2.17. The van der Waals surface area contributed by atoms with Crippen LogP contribution in [0.1, 0.15) is 46.4 Å². The minimum absolute atomic E-state index is 0.383. The molecule has 0 spiro atoms. The maximum absolute atomic E-state index is 11.4. The first-order valence-corrected chi connectivity index (χ1v) is 8.62. The Morgan fingerprint density at radius 3 is 2.69 bits per heavy atom. The van der Waals surface area contributed by atoms with E-state index in [-0.39, 0.29) is 0 Å². The zero-order valence-corrected chi connectivity index (χ0v) is 15.4. The van der Waals surface area contributed by atoms with E-state index in [1.807, 2.05) is 6.07 Å². The van der Waals surface area contributed by atoms with Crippen molar-refractivity contribution in [1.29, 1.82) is 0 Å². The van der Waals surface area contributed by atoms with Crippen LogP contribution in [0.25, 0.3) is 5.57 Å². The minimum atomic E-state index is 0.383. The van der Waals surface area contributed by atoms with Crippen molar-refractivity contribution < 1.29 is 4.79 Å². The van der Waals surface area contributed by atoms with Gasteiger partial charge in [-0.2, -0.15) is 5.10 Å². The van der Waals surface area contributed by atoms with Gasteiger partial charge in [-0.3, -0.25) is 9.48 Å². The number of carbonyl (C=O) groups excluding carboxylic acids is 1. The largest absolute Gasteiger partial charge is 0.402 e. The van der Waals surface area contributed by atoms with Gasteiger partial charge in [0, 0.05) is 36.6 Å². The number of aldehydes is 1. The Kier molecular flexibility index (Phi) is 4.92. The first-order chi connectivity index (χ1) is 12.5. The topological polar surface area (TPSA) is 99.0 Å². The molecule has 0 aliphatic heterocycles. The molecule has 1 heterocycles. The van der Waals surface area contributed by atoms with Crippen molar-refractivity contribution in [3.8, 4) is 11.8 Å². The van der Waals surface area contributed by atoms with E-state index in [1.54, 1.807) is 24.8 Å². The second-order valence-corrected chi connectivity index (χ2v) is 6.54. The van der Waals surface area contributed by atoms with Crippen molar-refractivity contribution in [1.82, 2.24) is 9.78 Å². The van der Waals surface area contributed by atoms with Crippen LogP contribution in [0, 0.1) is 11.8 Å². The first kappa shape index (κ1) is 17.9. The normalized spacial score (nSPS) is 13.5. The van der Waals surface area contributed by atoms with Crippen molar-refractivity contribution in [2.24, 2.45) is 12.8 Å². The zero-order chi connectivity index (χ0) is 18.8. The molecule has 0 amide bonds. The molecule has 0 unspecified atom stereocenters. The third kappa shape index (κ3) is 3.14. The number of halogens is 1. The first-order valence-electron chi connectivity index (χ1n) is 8.25. The number of aromatic nitrogens is 2. The fraction of sp³-hybridized carbons (Fsp3) is 0.263. The van der Waals surface area contributed by atoms with E-state index < -0.39 is 0 Å². The quantitative estimate of drug-likeness (QED) is 0.439. The highest BCUT2D eigenvalue weighted by molar-refractivity contribution is 6.32. The van der Waals surface area contributed by atoms with Gasteiger partial charge >= 0.3 is 0 Å². The van der Waals surface area contributed by atoms with Crippen LogP contribution in [0.5, 0.6) is 0 Å². The summed E-state index contributed by atoms with van der Waals surface area (Å²) in [5.41, 5.74) is 17.0. The molecule has 0 atom stereocenters. The van der Waals surface area contributed by atoms with Crippen molar-refractivity contribution >= 4 is 35.0 Å². The van der Waals surface area contributed by atoms with Crippen molar-refractivity contribution in [2.75, 3.05) is 18.1 Å². The number of benzene rings is 1. The summed E-state index contributed by atoms with van der Waals surface area (Å²) in [6, 6.07) is 3.55. The Morgan fingerprint density at radius 2 is 2.08 bits per heavy atom. The Morgan fingerprint density at radius 1 is 1.31 bits per heavy atom. The minimum Gasteiger partial charge on any atom is -0.402 e. The maximum Gasteiger partial charge on any atom is 0.156 e. The number of anilines is 2. The number of nitrogen functional groups attached to an aromatic ring is 1. The van der Waals surface area contributed by atoms with Gasteiger partial charge in [-0.05, 0) is 42.9 Å². The van der Waals surface area contributed by atoms with Crippen LogP contribution in [0.15, 0.2) is 17.8 Å². The molecular formula is C19H20ClN5O. The number of nitrogens with two attached hydrogens (primary N) is 2. The summed E-state index contributed by atoms with van der Waals surface area (Å²) < 4.78 is 1.57. The van der Waals surface area contributed by atoms with Gasteiger partial charge in [0.2, 0.25) is 0 Å². The van der Waals surface area contributed by atoms with Gasteiger partial charge in [-0.15, -0.1) is 0 Å². The van der Waals surface area contributed by atoms with E-state index in [9.17, 15) is 4.79 Å². The molecule has 6 nitrogen and oxygen atoms in total. The summed E-state index contributed by atoms with van der Waals surface area (Å²) in [5, 5.41) is 7.69. The fourth-order valence-electron chi connectivity index (χ4n) is 3.19. The van der Waals surface area contributed by atoms with E-state index in [2.05, 4.69) is 22.3 Å². The molecule has 0 fully saturated rings. The lowest BCUT2D eigenvalue weighted by molar-refractivity contribution is 0.112. The SMILES string of the molecule is CNc1c(C=O)c(C#Cc2cc(N)c(C3=C(N)CCC3)cc2Cl)nn1C. The van der Waals surface area contributed by atoms with Crippen LogP contribution in [-0.2, 0) is 7.05 Å². The van der Waals surface area contributed by atoms with Gasteiger partial charge in [0.25, 0.3) is 0 Å². The predicted octanol–water partition coefficient (Wildman–Crippen LogP) is 2.76. The highest BCUT2D eigenvalue weighted by atomic mass is 35.5. The average molecular weight is 370 g/mol. The lowest BCUT2D eigenvalue weighted by atomic mass is 10.0. The second-order valence-electron chi connectivity index (χ2n) is 6.13. The third-order valence-corrected chi connectivity index (χ3v) is 4.79. The lowest BCUT2D eigenvalue weighted by Gasteiger charge is -2.10. The Labute approximate surface area is 157 Å². The molecule has 0 saturated carbocycles. The number of allylic oxidation sites excluding steroid dienone is 2. The number of hydrogen-bond acceptors (Lipinski definition) is 5. The molecule has 7 heteroatoms. The van der Waals surface area contributed by atoms with Crippen molar-refractivity contribution in [2.45, 2.75) is 19.3 Å². The summed E-state index contributed by atoms with van der Waals surface area (Å²) in [6.07, 6.45) is 3.55. The number of carbonyl (C=O) groups is 1. The van der Waals surface area contributed by atoms with E-state index >= 15 is 0 Å². The number of hydrogen-bond donors (Lipinski definition) is 3. The Bertz CT molecular complexity index is 978. The molecule has 1 aliphatic rings. The van der Waals surface area contributed by atoms with Gasteiger partial charge in [0.1, 0.15) is 11.5 Å². The summed E-state index contributed by atoms with van der Waals surface area (Å²) in [6.45, 7) is 0. The van der Waals surface area contributed by atoms with Gasteiger partial charge in [-0.1, -0.05) is 17.5 Å². The molecule has 0 saturated heterocycles. The molecule has 0 radical (unpaired) electrons. The Hall–Kier alpha value is -2.91. The predicted molar refractivity (Wildman–Crippen MR) is 105 cm³/mol. The van der Waals surface area contributed by atoms with Gasteiger partial charge < -0.3 is 16.8 Å². The Balaban J connectivity index is 2.01. The fourth-order valence-corrected chi connectivity index (χ4v) is 3.40. The van der Waals surface area contributed by atoms with Gasteiger partial charge in [0.05, 0.1) is 10.6 Å². The maximum atomic E-state index is 11.4. The molecule has 1 aromatic heterocycles. The summed E-state index contributed by atoms with van der Waals surface area (Å²) in [5.74, 6) is 6.48. The molecule has 1 aliphatic carbocycles. The van der Waals surface area contributed by atoms with Gasteiger partial charge in [0.15, 0.2) is 6.29 Å². The van der Waals surface area contributed by atoms with Crippen LogP contribution in [0.4, 0.5) is 11.5 Å². The van der Waals surface area contributed by atoms with Gasteiger partial charge in [-0.25, -0.2) is 0 Å². The smallest absolute Gasteiger partial charge is 0.156 e. The molecule has 5 N–H and O–H groups in total. The number of nitrogens with zero attached hydrogens (tertiary/aromatic N) is 2. The van der Waals surface area contributed by atoms with Crippen LogP contribution in [0.3, 0.4) is 0 Å².